The van der Waals surface area contributed by atoms with Crippen LogP contribution in [0.15, 0.2) is 6.33 Å². The summed E-state index contributed by atoms with van der Waals surface area (Å²) in [6.07, 6.45) is 5.11. The summed E-state index contributed by atoms with van der Waals surface area (Å²) in [4.78, 5) is 20.0. The molecule has 0 bridgehead atoms. The van der Waals surface area contributed by atoms with Gasteiger partial charge in [-0.05, 0) is 44.5 Å². The molecule has 3 aromatic heterocycles. The number of anilines is 2. The third kappa shape index (κ3) is 3.09. The highest BCUT2D eigenvalue weighted by Crippen LogP contribution is 2.43. The number of nitrogens with zero attached hydrogens (tertiary/aromatic N) is 5. The number of rotatable bonds is 5. The molecule has 1 fully saturated rings. The number of morpholine rings is 1. The van der Waals surface area contributed by atoms with Crippen molar-refractivity contribution in [1.82, 2.24) is 19.9 Å². The second-order valence-electron chi connectivity index (χ2n) is 7.76. The molecule has 0 atom stereocenters. The fourth-order valence-corrected chi connectivity index (χ4v) is 5.36. The van der Waals surface area contributed by atoms with E-state index in [0.29, 0.717) is 0 Å². The molecule has 0 spiro atoms. The standard InChI is InChI=1S/C20H26N6OS/c1-25(2)7-6-21-18-17-16(22-12-23-18)15-13-4-3-5-14(13)19(24-20(15)28-17)26-8-10-27-11-9-26/h12H,3-11H2,1-2H3,(H,21,22,23). The van der Waals surface area contributed by atoms with Gasteiger partial charge in [-0.15, -0.1) is 11.3 Å². The highest BCUT2D eigenvalue weighted by molar-refractivity contribution is 7.26. The Morgan fingerprint density at radius 3 is 2.82 bits per heavy atom. The van der Waals surface area contributed by atoms with Crippen LogP contribution >= 0.6 is 11.3 Å². The van der Waals surface area contributed by atoms with Crippen LogP contribution in [-0.2, 0) is 17.6 Å². The van der Waals surface area contributed by atoms with Gasteiger partial charge >= 0.3 is 0 Å². The van der Waals surface area contributed by atoms with Crippen LogP contribution in [0.25, 0.3) is 20.4 Å². The summed E-state index contributed by atoms with van der Waals surface area (Å²) in [6, 6.07) is 0. The number of ether oxygens (including phenoxy) is 1. The van der Waals surface area contributed by atoms with Crippen molar-refractivity contribution < 1.29 is 4.74 Å². The summed E-state index contributed by atoms with van der Waals surface area (Å²) < 4.78 is 6.67. The average Bonchev–Trinajstić information content (AvgIpc) is 3.32. The van der Waals surface area contributed by atoms with Gasteiger partial charge in [-0.25, -0.2) is 15.0 Å². The number of pyridine rings is 1. The summed E-state index contributed by atoms with van der Waals surface area (Å²) in [5.41, 5.74) is 3.94. The minimum Gasteiger partial charge on any atom is -0.378 e. The fourth-order valence-electron chi connectivity index (χ4n) is 4.24. The summed E-state index contributed by atoms with van der Waals surface area (Å²) in [5, 5.41) is 4.74. The van der Waals surface area contributed by atoms with Crippen LogP contribution in [-0.4, -0.2) is 73.3 Å². The molecular formula is C20H26N6OS. The van der Waals surface area contributed by atoms with Crippen molar-refractivity contribution in [3.8, 4) is 0 Å². The predicted octanol–water partition coefficient (Wildman–Crippen LogP) is 2.54. The van der Waals surface area contributed by atoms with E-state index in [1.54, 1.807) is 17.7 Å². The van der Waals surface area contributed by atoms with E-state index < -0.39 is 0 Å². The number of hydrogen-bond acceptors (Lipinski definition) is 8. The molecule has 0 amide bonds. The van der Waals surface area contributed by atoms with Gasteiger partial charge in [0.05, 0.1) is 23.4 Å². The molecule has 1 aliphatic carbocycles. The molecule has 5 rings (SSSR count). The van der Waals surface area contributed by atoms with E-state index in [9.17, 15) is 0 Å². The van der Waals surface area contributed by atoms with Crippen LogP contribution in [0, 0.1) is 0 Å². The molecule has 0 radical (unpaired) electrons. The van der Waals surface area contributed by atoms with Gasteiger partial charge in [-0.3, -0.25) is 0 Å². The smallest absolute Gasteiger partial charge is 0.147 e. The van der Waals surface area contributed by atoms with Crippen molar-refractivity contribution in [3.63, 3.8) is 0 Å². The summed E-state index contributed by atoms with van der Waals surface area (Å²) >= 11 is 1.72. The lowest BCUT2D eigenvalue weighted by Crippen LogP contribution is -2.37. The molecule has 4 heterocycles. The Labute approximate surface area is 168 Å². The number of thiophene rings is 1. The van der Waals surface area contributed by atoms with Gasteiger partial charge in [-0.1, -0.05) is 0 Å². The van der Waals surface area contributed by atoms with Crippen LogP contribution in [0.3, 0.4) is 0 Å². The monoisotopic (exact) mass is 398 g/mol. The molecule has 3 aromatic rings. The van der Waals surface area contributed by atoms with Crippen molar-refractivity contribution in [2.75, 3.05) is 63.7 Å². The quantitative estimate of drug-likeness (QED) is 0.708. The lowest BCUT2D eigenvalue weighted by Gasteiger charge is -2.29. The lowest BCUT2D eigenvalue weighted by molar-refractivity contribution is 0.122. The second-order valence-corrected chi connectivity index (χ2v) is 8.76. The Kier molecular flexibility index (Phi) is 4.78. The van der Waals surface area contributed by atoms with Gasteiger partial charge in [0.2, 0.25) is 0 Å². The molecule has 28 heavy (non-hydrogen) atoms. The predicted molar refractivity (Wildman–Crippen MR) is 115 cm³/mol. The normalized spacial score (nSPS) is 17.0. The van der Waals surface area contributed by atoms with Crippen LogP contribution in [0.4, 0.5) is 11.6 Å². The number of nitrogens with one attached hydrogen (secondary N) is 1. The van der Waals surface area contributed by atoms with Crippen molar-refractivity contribution >= 4 is 43.4 Å². The zero-order valence-corrected chi connectivity index (χ0v) is 17.3. The Morgan fingerprint density at radius 1 is 1.18 bits per heavy atom. The first-order valence-electron chi connectivity index (χ1n) is 10.0. The molecule has 1 N–H and O–H groups in total. The lowest BCUT2D eigenvalue weighted by atomic mass is 10.1. The molecule has 0 saturated carbocycles. The Hall–Kier alpha value is -2.03. The van der Waals surface area contributed by atoms with Crippen LogP contribution in [0.5, 0.6) is 0 Å². The fraction of sp³-hybridized carbons (Fsp3) is 0.550. The van der Waals surface area contributed by atoms with Crippen LogP contribution < -0.4 is 10.2 Å². The van der Waals surface area contributed by atoms with E-state index in [1.807, 2.05) is 0 Å². The maximum atomic E-state index is 5.55. The highest BCUT2D eigenvalue weighted by Gasteiger charge is 2.27. The number of hydrogen-bond donors (Lipinski definition) is 1. The summed E-state index contributed by atoms with van der Waals surface area (Å²) in [5.74, 6) is 2.10. The second kappa shape index (κ2) is 7.42. The first-order chi connectivity index (χ1) is 13.7. The van der Waals surface area contributed by atoms with Gasteiger partial charge in [0.15, 0.2) is 0 Å². The molecule has 1 aliphatic heterocycles. The van der Waals surface area contributed by atoms with E-state index in [-0.39, 0.29) is 0 Å². The van der Waals surface area contributed by atoms with Gasteiger partial charge in [0.1, 0.15) is 22.8 Å². The molecule has 148 valence electrons. The Balaban J connectivity index is 1.62. The van der Waals surface area contributed by atoms with Gasteiger partial charge in [0.25, 0.3) is 0 Å². The van der Waals surface area contributed by atoms with Crippen molar-refractivity contribution in [1.29, 1.82) is 0 Å². The topological polar surface area (TPSA) is 66.4 Å². The first kappa shape index (κ1) is 18.0. The molecule has 8 heteroatoms. The van der Waals surface area contributed by atoms with E-state index in [4.69, 9.17) is 9.72 Å². The van der Waals surface area contributed by atoms with Crippen LogP contribution in [0.2, 0.25) is 0 Å². The maximum absolute atomic E-state index is 5.55. The minimum absolute atomic E-state index is 0.784. The van der Waals surface area contributed by atoms with E-state index in [0.717, 1.165) is 73.1 Å². The summed E-state index contributed by atoms with van der Waals surface area (Å²) in [7, 11) is 4.16. The van der Waals surface area contributed by atoms with Gasteiger partial charge in [-0.2, -0.15) is 0 Å². The molecule has 2 aliphatic rings. The third-order valence-electron chi connectivity index (χ3n) is 5.61. The number of aromatic nitrogens is 3. The number of likely N-dealkylation sites (N-methyl/N-ethyl adjacent to an activating group) is 1. The zero-order valence-electron chi connectivity index (χ0n) is 16.5. The SMILES string of the molecule is CN(C)CCNc1ncnc2c1sc1nc(N3CCOCC3)c3c(c12)CCC3. The van der Waals surface area contributed by atoms with Gasteiger partial charge in [0, 0.05) is 31.6 Å². The molecule has 1 saturated heterocycles. The van der Waals surface area contributed by atoms with Crippen molar-refractivity contribution in [3.05, 3.63) is 17.5 Å². The highest BCUT2D eigenvalue weighted by atomic mass is 32.1. The van der Waals surface area contributed by atoms with E-state index >= 15 is 0 Å². The molecule has 7 nitrogen and oxygen atoms in total. The largest absolute Gasteiger partial charge is 0.378 e. The Morgan fingerprint density at radius 2 is 2.00 bits per heavy atom. The number of aryl methyl sites for hydroxylation is 1. The molecule has 0 aromatic carbocycles. The summed E-state index contributed by atoms with van der Waals surface area (Å²) in [6.45, 7) is 5.24. The number of fused-ring (bicyclic) bond motifs is 5. The van der Waals surface area contributed by atoms with Gasteiger partial charge < -0.3 is 19.9 Å². The van der Waals surface area contributed by atoms with Crippen molar-refractivity contribution in [2.45, 2.75) is 19.3 Å². The van der Waals surface area contributed by atoms with Crippen molar-refractivity contribution in [2.24, 2.45) is 0 Å². The molecular weight excluding hydrogens is 372 g/mol. The maximum Gasteiger partial charge on any atom is 0.147 e. The minimum atomic E-state index is 0.784. The Bertz CT molecular complexity index is 1010. The van der Waals surface area contributed by atoms with E-state index in [2.05, 4.69) is 39.2 Å². The average molecular weight is 399 g/mol. The zero-order chi connectivity index (χ0) is 19.1. The van der Waals surface area contributed by atoms with Crippen LogP contribution in [0.1, 0.15) is 17.5 Å². The van der Waals surface area contributed by atoms with E-state index in [1.165, 1.54) is 28.8 Å². The molecule has 0 unspecified atom stereocenters. The third-order valence-corrected chi connectivity index (χ3v) is 6.69. The first-order valence-corrected chi connectivity index (χ1v) is 10.8.